The molecule has 3 amide bonds. The maximum atomic E-state index is 13.1. The Kier molecular flexibility index (Phi) is 5.04. The van der Waals surface area contributed by atoms with Gasteiger partial charge in [0.1, 0.15) is 11.8 Å². The molecule has 0 aromatic heterocycles. The van der Waals surface area contributed by atoms with E-state index in [-0.39, 0.29) is 30.2 Å². The molecule has 2 aliphatic rings. The van der Waals surface area contributed by atoms with Crippen LogP contribution >= 0.6 is 0 Å². The van der Waals surface area contributed by atoms with Gasteiger partial charge in [0.15, 0.2) is 6.61 Å². The summed E-state index contributed by atoms with van der Waals surface area (Å²) in [5.74, 6) is -1.03. The smallest absolute Gasteiger partial charge is 0.262 e. The van der Waals surface area contributed by atoms with Crippen LogP contribution in [0.2, 0.25) is 0 Å². The number of hydrogen-bond donors (Lipinski definition) is 1. The maximum Gasteiger partial charge on any atom is 0.262 e. The SMILES string of the molecule is CN([C@H]1CC(=O)N(Cc2ccccc2)C1=O)S(=O)(=O)c1ccc2c(c1)NC(=O)CO2. The van der Waals surface area contributed by atoms with E-state index in [0.29, 0.717) is 5.75 Å². The second-order valence-electron chi connectivity index (χ2n) is 7.04. The van der Waals surface area contributed by atoms with Crippen LogP contribution in [0.4, 0.5) is 5.69 Å². The van der Waals surface area contributed by atoms with E-state index in [9.17, 15) is 22.8 Å². The topological polar surface area (TPSA) is 113 Å². The first-order chi connectivity index (χ1) is 14.3. The van der Waals surface area contributed by atoms with E-state index in [1.807, 2.05) is 6.07 Å². The molecule has 2 aromatic rings. The molecule has 0 unspecified atom stereocenters. The van der Waals surface area contributed by atoms with Gasteiger partial charge >= 0.3 is 0 Å². The number of sulfonamides is 1. The fraction of sp³-hybridized carbons (Fsp3) is 0.250. The zero-order valence-corrected chi connectivity index (χ0v) is 16.9. The number of benzene rings is 2. The molecule has 1 fully saturated rings. The molecule has 0 spiro atoms. The highest BCUT2D eigenvalue weighted by Crippen LogP contribution is 2.32. The predicted octanol–water partition coefficient (Wildman–Crippen LogP) is 0.966. The largest absolute Gasteiger partial charge is 0.482 e. The van der Waals surface area contributed by atoms with Crippen LogP contribution in [0.15, 0.2) is 53.4 Å². The first-order valence-corrected chi connectivity index (χ1v) is 10.6. The molecule has 10 heteroatoms. The van der Waals surface area contributed by atoms with Gasteiger partial charge in [0, 0.05) is 7.05 Å². The van der Waals surface area contributed by atoms with Crippen LogP contribution < -0.4 is 10.1 Å². The number of imide groups is 1. The van der Waals surface area contributed by atoms with Crippen molar-refractivity contribution in [2.45, 2.75) is 23.9 Å². The summed E-state index contributed by atoms with van der Waals surface area (Å²) in [4.78, 5) is 37.7. The van der Waals surface area contributed by atoms with Gasteiger partial charge in [0.2, 0.25) is 21.8 Å². The molecule has 9 nitrogen and oxygen atoms in total. The Morgan fingerprint density at radius 1 is 1.13 bits per heavy atom. The highest BCUT2D eigenvalue weighted by atomic mass is 32.2. The Labute approximate surface area is 173 Å². The summed E-state index contributed by atoms with van der Waals surface area (Å²) in [6, 6.07) is 11.9. The number of likely N-dealkylation sites (N-methyl/N-ethyl adjacent to an activating group) is 1. The number of anilines is 1. The maximum absolute atomic E-state index is 13.1. The van der Waals surface area contributed by atoms with Gasteiger partial charge in [0.05, 0.1) is 23.5 Å². The minimum atomic E-state index is -4.10. The summed E-state index contributed by atoms with van der Waals surface area (Å²) in [6.07, 6.45) is -0.230. The molecular formula is C20H19N3O6S. The lowest BCUT2D eigenvalue weighted by Crippen LogP contribution is -2.42. The van der Waals surface area contributed by atoms with Crippen molar-refractivity contribution >= 4 is 33.4 Å². The van der Waals surface area contributed by atoms with E-state index < -0.39 is 33.8 Å². The molecule has 2 heterocycles. The Balaban J connectivity index is 1.57. The Morgan fingerprint density at radius 3 is 2.60 bits per heavy atom. The number of carbonyl (C=O) groups excluding carboxylic acids is 3. The number of ether oxygens (including phenoxy) is 1. The number of nitrogens with one attached hydrogen (secondary N) is 1. The van der Waals surface area contributed by atoms with Crippen LogP contribution in [0.5, 0.6) is 5.75 Å². The van der Waals surface area contributed by atoms with E-state index in [2.05, 4.69) is 5.32 Å². The molecule has 0 aliphatic carbocycles. The molecule has 0 radical (unpaired) electrons. The van der Waals surface area contributed by atoms with Gasteiger partial charge < -0.3 is 10.1 Å². The van der Waals surface area contributed by atoms with Crippen LogP contribution in [-0.2, 0) is 31.0 Å². The second-order valence-corrected chi connectivity index (χ2v) is 9.04. The highest BCUT2D eigenvalue weighted by molar-refractivity contribution is 7.89. The quantitative estimate of drug-likeness (QED) is 0.709. The number of likely N-dealkylation sites (tertiary alicyclic amines) is 1. The van der Waals surface area contributed by atoms with E-state index in [1.165, 1.54) is 25.2 Å². The molecule has 1 atom stereocenters. The van der Waals surface area contributed by atoms with Gasteiger partial charge in [-0.05, 0) is 23.8 Å². The highest BCUT2D eigenvalue weighted by Gasteiger charge is 2.44. The van der Waals surface area contributed by atoms with Crippen LogP contribution in [-0.4, -0.2) is 55.0 Å². The molecule has 1 saturated heterocycles. The second kappa shape index (κ2) is 7.54. The van der Waals surface area contributed by atoms with Gasteiger partial charge in [-0.25, -0.2) is 8.42 Å². The number of nitrogens with zero attached hydrogens (tertiary/aromatic N) is 2. The van der Waals surface area contributed by atoms with Crippen molar-refractivity contribution in [1.82, 2.24) is 9.21 Å². The van der Waals surface area contributed by atoms with Gasteiger partial charge in [-0.1, -0.05) is 30.3 Å². The third kappa shape index (κ3) is 3.55. The lowest BCUT2D eigenvalue weighted by atomic mass is 10.2. The predicted molar refractivity (Wildman–Crippen MR) is 106 cm³/mol. The first kappa shape index (κ1) is 20.0. The van der Waals surface area contributed by atoms with E-state index in [1.54, 1.807) is 24.3 Å². The van der Waals surface area contributed by atoms with Gasteiger partial charge in [-0.15, -0.1) is 0 Å². The Morgan fingerprint density at radius 2 is 1.87 bits per heavy atom. The molecule has 2 aromatic carbocycles. The normalized spacial score (nSPS) is 18.9. The van der Waals surface area contributed by atoms with E-state index >= 15 is 0 Å². The zero-order valence-electron chi connectivity index (χ0n) is 16.1. The minimum absolute atomic E-state index is 0.0884. The molecule has 0 saturated carbocycles. The van der Waals surface area contributed by atoms with Crippen LogP contribution in [0, 0.1) is 0 Å². The number of amides is 3. The molecule has 30 heavy (non-hydrogen) atoms. The summed E-state index contributed by atoms with van der Waals surface area (Å²) in [5.41, 5.74) is 1.01. The summed E-state index contributed by atoms with van der Waals surface area (Å²) in [6.45, 7) is -0.0555. The summed E-state index contributed by atoms with van der Waals surface area (Å²) in [7, 11) is -2.83. The van der Waals surface area contributed by atoms with Crippen molar-refractivity contribution in [2.75, 3.05) is 19.0 Å². The van der Waals surface area contributed by atoms with Crippen LogP contribution in [0.25, 0.3) is 0 Å². The Bertz CT molecular complexity index is 1130. The lowest BCUT2D eigenvalue weighted by Gasteiger charge is -2.24. The standard InChI is InChI=1S/C20H19N3O6S/c1-22(16-10-19(25)23(20(16)26)11-13-5-3-2-4-6-13)30(27,28)14-7-8-17-15(9-14)21-18(24)12-29-17/h2-9,16H,10-12H2,1H3,(H,21,24)/t16-/m0/s1. The van der Waals surface area contributed by atoms with Crippen molar-refractivity contribution in [1.29, 1.82) is 0 Å². The fourth-order valence-corrected chi connectivity index (χ4v) is 4.78. The lowest BCUT2D eigenvalue weighted by molar-refractivity contribution is -0.140. The molecule has 4 rings (SSSR count). The summed E-state index contributed by atoms with van der Waals surface area (Å²) in [5, 5.41) is 2.55. The third-order valence-corrected chi connectivity index (χ3v) is 6.97. The average Bonchev–Trinajstić information content (AvgIpc) is 3.01. The van der Waals surface area contributed by atoms with Gasteiger partial charge in [-0.2, -0.15) is 4.31 Å². The number of carbonyl (C=O) groups is 3. The zero-order chi connectivity index (χ0) is 21.5. The number of rotatable bonds is 5. The van der Waals surface area contributed by atoms with Gasteiger partial charge in [0.25, 0.3) is 5.91 Å². The molecule has 2 aliphatic heterocycles. The number of fused-ring (bicyclic) bond motifs is 1. The molecule has 156 valence electrons. The van der Waals surface area contributed by atoms with Crippen molar-refractivity contribution in [3.63, 3.8) is 0 Å². The van der Waals surface area contributed by atoms with Crippen molar-refractivity contribution < 1.29 is 27.5 Å². The van der Waals surface area contributed by atoms with Crippen molar-refractivity contribution in [3.8, 4) is 5.75 Å². The molecule has 1 N–H and O–H groups in total. The Hall–Kier alpha value is -3.24. The van der Waals surface area contributed by atoms with Crippen LogP contribution in [0.3, 0.4) is 0 Å². The first-order valence-electron chi connectivity index (χ1n) is 9.20. The molecular weight excluding hydrogens is 410 g/mol. The fourth-order valence-electron chi connectivity index (χ4n) is 3.44. The van der Waals surface area contributed by atoms with Gasteiger partial charge in [-0.3, -0.25) is 19.3 Å². The molecule has 0 bridgehead atoms. The third-order valence-electron chi connectivity index (χ3n) is 5.10. The average molecular weight is 429 g/mol. The number of hydrogen-bond acceptors (Lipinski definition) is 6. The van der Waals surface area contributed by atoms with Crippen molar-refractivity contribution in [2.24, 2.45) is 0 Å². The summed E-state index contributed by atoms with van der Waals surface area (Å²) < 4.78 is 32.3. The van der Waals surface area contributed by atoms with Crippen molar-refractivity contribution in [3.05, 3.63) is 54.1 Å². The van der Waals surface area contributed by atoms with Crippen LogP contribution in [0.1, 0.15) is 12.0 Å². The monoisotopic (exact) mass is 429 g/mol. The summed E-state index contributed by atoms with van der Waals surface area (Å²) >= 11 is 0. The minimum Gasteiger partial charge on any atom is -0.482 e. The van der Waals surface area contributed by atoms with E-state index in [0.717, 1.165) is 14.8 Å². The van der Waals surface area contributed by atoms with E-state index in [4.69, 9.17) is 4.74 Å².